The number of benzene rings is 2. The quantitative estimate of drug-likeness (QED) is 0.647. The molecule has 0 saturated carbocycles. The molecule has 0 bridgehead atoms. The van der Waals surface area contributed by atoms with E-state index in [0.29, 0.717) is 19.5 Å². The molecule has 1 aliphatic rings. The molecule has 0 amide bonds. The van der Waals surface area contributed by atoms with E-state index < -0.39 is 6.10 Å². The highest BCUT2D eigenvalue weighted by molar-refractivity contribution is 5.44. The van der Waals surface area contributed by atoms with E-state index in [4.69, 9.17) is 14.2 Å². The maximum absolute atomic E-state index is 10.4. The van der Waals surface area contributed by atoms with Gasteiger partial charge in [-0.15, -0.1) is 6.58 Å². The SMILES string of the molecule is C=CCC[C@@H](O)CN(Cc1cccc(OC)c1)Cc1ccc2c(c1)OCO2. The number of aliphatic hydroxyl groups is 1. The molecule has 5 nitrogen and oxygen atoms in total. The number of hydrogen-bond donors (Lipinski definition) is 1. The standard InChI is InChI=1S/C22H27NO4/c1-3-4-7-19(24)15-23(13-17-6-5-8-20(11-17)25-2)14-18-9-10-21-22(12-18)27-16-26-21/h3,5-6,8-12,19,24H,1,4,7,13-16H2,2H3/t19-/m1/s1. The fraction of sp³-hybridized carbons (Fsp3) is 0.364. The molecule has 0 aromatic heterocycles. The van der Waals surface area contributed by atoms with E-state index in [2.05, 4.69) is 17.5 Å². The van der Waals surface area contributed by atoms with Crippen LogP contribution in [-0.2, 0) is 13.1 Å². The van der Waals surface area contributed by atoms with Gasteiger partial charge in [0, 0.05) is 19.6 Å². The molecule has 3 rings (SSSR count). The van der Waals surface area contributed by atoms with Crippen molar-refractivity contribution in [3.05, 3.63) is 66.2 Å². The zero-order valence-corrected chi connectivity index (χ0v) is 15.8. The number of fused-ring (bicyclic) bond motifs is 1. The molecule has 0 fully saturated rings. The second-order valence-electron chi connectivity index (χ2n) is 6.73. The van der Waals surface area contributed by atoms with Gasteiger partial charge in [0.1, 0.15) is 5.75 Å². The zero-order chi connectivity index (χ0) is 19.1. The Kier molecular flexibility index (Phi) is 6.74. The highest BCUT2D eigenvalue weighted by Crippen LogP contribution is 2.33. The van der Waals surface area contributed by atoms with E-state index in [0.717, 1.165) is 41.3 Å². The van der Waals surface area contributed by atoms with Crippen LogP contribution in [0.3, 0.4) is 0 Å². The summed E-state index contributed by atoms with van der Waals surface area (Å²) < 4.78 is 16.2. The third kappa shape index (κ3) is 5.49. The molecule has 2 aromatic carbocycles. The maximum atomic E-state index is 10.4. The van der Waals surface area contributed by atoms with Crippen molar-refractivity contribution in [3.63, 3.8) is 0 Å². The summed E-state index contributed by atoms with van der Waals surface area (Å²) in [7, 11) is 1.67. The van der Waals surface area contributed by atoms with Gasteiger partial charge in [-0.3, -0.25) is 4.90 Å². The van der Waals surface area contributed by atoms with Crippen LogP contribution in [0.1, 0.15) is 24.0 Å². The van der Waals surface area contributed by atoms with Crippen LogP contribution in [0.25, 0.3) is 0 Å². The van der Waals surface area contributed by atoms with E-state index in [1.165, 1.54) is 0 Å². The number of ether oxygens (including phenoxy) is 3. The van der Waals surface area contributed by atoms with Gasteiger partial charge in [0.15, 0.2) is 11.5 Å². The number of nitrogens with zero attached hydrogens (tertiary/aromatic N) is 1. The largest absolute Gasteiger partial charge is 0.497 e. The highest BCUT2D eigenvalue weighted by atomic mass is 16.7. The minimum absolute atomic E-state index is 0.270. The average molecular weight is 369 g/mol. The third-order valence-electron chi connectivity index (χ3n) is 4.56. The van der Waals surface area contributed by atoms with Crippen LogP contribution >= 0.6 is 0 Å². The molecule has 0 unspecified atom stereocenters. The van der Waals surface area contributed by atoms with Gasteiger partial charge in [0.05, 0.1) is 13.2 Å². The van der Waals surface area contributed by atoms with E-state index in [9.17, 15) is 5.11 Å². The lowest BCUT2D eigenvalue weighted by atomic mass is 10.1. The summed E-state index contributed by atoms with van der Waals surface area (Å²) in [6, 6.07) is 14.0. The number of aliphatic hydroxyl groups excluding tert-OH is 1. The minimum Gasteiger partial charge on any atom is -0.497 e. The molecule has 1 heterocycles. The number of hydrogen-bond acceptors (Lipinski definition) is 5. The Hall–Kier alpha value is -2.50. The van der Waals surface area contributed by atoms with Crippen LogP contribution in [0.2, 0.25) is 0 Å². The van der Waals surface area contributed by atoms with Gasteiger partial charge in [0.25, 0.3) is 0 Å². The summed E-state index contributed by atoms with van der Waals surface area (Å²) in [5.74, 6) is 2.40. The zero-order valence-electron chi connectivity index (χ0n) is 15.8. The summed E-state index contributed by atoms with van der Waals surface area (Å²) in [4.78, 5) is 2.24. The van der Waals surface area contributed by atoms with Crippen molar-refractivity contribution < 1.29 is 19.3 Å². The van der Waals surface area contributed by atoms with Gasteiger partial charge >= 0.3 is 0 Å². The normalized spacial score (nSPS) is 13.6. The first-order valence-electron chi connectivity index (χ1n) is 9.20. The van der Waals surface area contributed by atoms with Crippen molar-refractivity contribution in [1.29, 1.82) is 0 Å². The van der Waals surface area contributed by atoms with E-state index in [1.54, 1.807) is 7.11 Å². The Morgan fingerprint density at radius 3 is 2.70 bits per heavy atom. The molecule has 1 aliphatic heterocycles. The van der Waals surface area contributed by atoms with E-state index in [1.807, 2.05) is 42.5 Å². The predicted molar refractivity (Wildman–Crippen MR) is 105 cm³/mol. The summed E-state index contributed by atoms with van der Waals surface area (Å²) in [6.07, 6.45) is 2.95. The maximum Gasteiger partial charge on any atom is 0.231 e. The number of methoxy groups -OCH3 is 1. The van der Waals surface area contributed by atoms with Crippen LogP contribution < -0.4 is 14.2 Å². The molecule has 0 saturated heterocycles. The molecule has 2 aromatic rings. The predicted octanol–water partition coefficient (Wildman–Crippen LogP) is 3.75. The number of rotatable bonds is 10. The Labute approximate surface area is 160 Å². The van der Waals surface area contributed by atoms with Gasteiger partial charge in [0.2, 0.25) is 6.79 Å². The van der Waals surface area contributed by atoms with Crippen LogP contribution in [0.15, 0.2) is 55.1 Å². The molecule has 1 N–H and O–H groups in total. The van der Waals surface area contributed by atoms with E-state index in [-0.39, 0.29) is 6.79 Å². The van der Waals surface area contributed by atoms with Gasteiger partial charge in [-0.05, 0) is 48.2 Å². The molecule has 27 heavy (non-hydrogen) atoms. The summed E-state index contributed by atoms with van der Waals surface area (Å²) >= 11 is 0. The fourth-order valence-corrected chi connectivity index (χ4v) is 3.21. The number of allylic oxidation sites excluding steroid dienone is 1. The third-order valence-corrected chi connectivity index (χ3v) is 4.56. The van der Waals surface area contributed by atoms with Crippen LogP contribution in [0, 0.1) is 0 Å². The Morgan fingerprint density at radius 1 is 1.15 bits per heavy atom. The Bertz CT molecular complexity index is 762. The summed E-state index contributed by atoms with van der Waals surface area (Å²) in [5, 5.41) is 10.4. The summed E-state index contributed by atoms with van der Waals surface area (Å²) in [5.41, 5.74) is 2.27. The van der Waals surface area contributed by atoms with Gasteiger partial charge in [-0.1, -0.05) is 24.3 Å². The molecule has 0 spiro atoms. The topological polar surface area (TPSA) is 51.2 Å². The van der Waals surface area contributed by atoms with Crippen molar-refractivity contribution >= 4 is 0 Å². The van der Waals surface area contributed by atoms with Crippen molar-refractivity contribution in [3.8, 4) is 17.2 Å². The lowest BCUT2D eigenvalue weighted by molar-refractivity contribution is 0.0983. The molecular formula is C22H27NO4. The van der Waals surface area contributed by atoms with Crippen molar-refractivity contribution in [2.24, 2.45) is 0 Å². The second-order valence-corrected chi connectivity index (χ2v) is 6.73. The molecule has 0 aliphatic carbocycles. The van der Waals surface area contributed by atoms with Crippen LogP contribution in [0.4, 0.5) is 0 Å². The van der Waals surface area contributed by atoms with Crippen molar-refractivity contribution in [1.82, 2.24) is 4.90 Å². The molecule has 1 atom stereocenters. The van der Waals surface area contributed by atoms with Crippen LogP contribution in [0.5, 0.6) is 17.2 Å². The van der Waals surface area contributed by atoms with Gasteiger partial charge in [-0.2, -0.15) is 0 Å². The smallest absolute Gasteiger partial charge is 0.231 e. The minimum atomic E-state index is -0.400. The Balaban J connectivity index is 1.72. The van der Waals surface area contributed by atoms with Gasteiger partial charge < -0.3 is 19.3 Å². The molecular weight excluding hydrogens is 342 g/mol. The fourth-order valence-electron chi connectivity index (χ4n) is 3.21. The van der Waals surface area contributed by atoms with Gasteiger partial charge in [-0.25, -0.2) is 0 Å². The highest BCUT2D eigenvalue weighted by Gasteiger charge is 2.17. The van der Waals surface area contributed by atoms with Crippen molar-refractivity contribution in [2.45, 2.75) is 32.0 Å². The average Bonchev–Trinajstić information content (AvgIpc) is 3.14. The molecule has 5 heteroatoms. The first-order valence-corrected chi connectivity index (χ1v) is 9.20. The first-order chi connectivity index (χ1) is 13.2. The summed E-state index contributed by atoms with van der Waals surface area (Å²) in [6.45, 7) is 6.01. The molecule has 144 valence electrons. The van der Waals surface area contributed by atoms with Crippen LogP contribution in [-0.4, -0.2) is 36.6 Å². The monoisotopic (exact) mass is 369 g/mol. The lowest BCUT2D eigenvalue weighted by Crippen LogP contribution is -2.31. The second kappa shape index (κ2) is 9.44. The first kappa shape index (κ1) is 19.3. The lowest BCUT2D eigenvalue weighted by Gasteiger charge is -2.25. The van der Waals surface area contributed by atoms with E-state index >= 15 is 0 Å². The van der Waals surface area contributed by atoms with Crippen molar-refractivity contribution in [2.75, 3.05) is 20.4 Å². The molecule has 0 radical (unpaired) electrons. The Morgan fingerprint density at radius 2 is 1.93 bits per heavy atom.